The van der Waals surface area contributed by atoms with Gasteiger partial charge < -0.3 is 0 Å². The quantitative estimate of drug-likeness (QED) is 0.935. The Hall–Kier alpha value is -1.30. The van der Waals surface area contributed by atoms with E-state index in [1.165, 1.54) is 31.4 Å². The van der Waals surface area contributed by atoms with Gasteiger partial charge >= 0.3 is 0 Å². The molecule has 0 radical (unpaired) electrons. The summed E-state index contributed by atoms with van der Waals surface area (Å²) in [4.78, 5) is 5.52. The van der Waals surface area contributed by atoms with Gasteiger partial charge in [0.25, 0.3) is 0 Å². The summed E-state index contributed by atoms with van der Waals surface area (Å²) >= 11 is 1.66. The average molecular weight is 291 g/mol. The maximum absolute atomic E-state index is 12.9. The number of benzene rings is 1. The SMILES string of the molecule is Fc1ccc(-c2cnc(CNN3CCCCC3)s2)cc1. The Morgan fingerprint density at radius 3 is 2.65 bits per heavy atom. The van der Waals surface area contributed by atoms with Crippen molar-refractivity contribution in [3.05, 3.63) is 41.3 Å². The fourth-order valence-electron chi connectivity index (χ4n) is 2.37. The van der Waals surface area contributed by atoms with E-state index in [4.69, 9.17) is 0 Å². The van der Waals surface area contributed by atoms with E-state index in [9.17, 15) is 4.39 Å². The Morgan fingerprint density at radius 2 is 1.90 bits per heavy atom. The first-order chi connectivity index (χ1) is 9.81. The molecule has 0 atom stereocenters. The standard InChI is InChI=1S/C15H18FN3S/c16-13-6-4-12(5-7-13)14-10-17-15(20-14)11-18-19-8-2-1-3-9-19/h4-7,10,18H,1-3,8-9,11H2. The molecule has 1 aromatic carbocycles. The van der Waals surface area contributed by atoms with Crippen LogP contribution in [0.4, 0.5) is 4.39 Å². The van der Waals surface area contributed by atoms with Crippen LogP contribution < -0.4 is 5.43 Å². The zero-order chi connectivity index (χ0) is 13.8. The summed E-state index contributed by atoms with van der Waals surface area (Å²) in [6, 6.07) is 6.57. The van der Waals surface area contributed by atoms with Gasteiger partial charge in [-0.15, -0.1) is 11.3 Å². The molecule has 20 heavy (non-hydrogen) atoms. The number of thiazole rings is 1. The minimum absolute atomic E-state index is 0.203. The third-order valence-electron chi connectivity index (χ3n) is 3.49. The van der Waals surface area contributed by atoms with Crippen molar-refractivity contribution in [2.24, 2.45) is 0 Å². The Morgan fingerprint density at radius 1 is 1.15 bits per heavy atom. The molecule has 1 aliphatic heterocycles. The van der Waals surface area contributed by atoms with E-state index >= 15 is 0 Å². The minimum Gasteiger partial charge on any atom is -0.248 e. The van der Waals surface area contributed by atoms with E-state index in [0.29, 0.717) is 0 Å². The molecule has 1 N–H and O–H groups in total. The van der Waals surface area contributed by atoms with Crippen LogP contribution in [0.3, 0.4) is 0 Å². The van der Waals surface area contributed by atoms with E-state index in [1.807, 2.05) is 6.20 Å². The van der Waals surface area contributed by atoms with Crippen molar-refractivity contribution in [2.45, 2.75) is 25.8 Å². The number of aromatic nitrogens is 1. The first-order valence-electron chi connectivity index (χ1n) is 7.00. The van der Waals surface area contributed by atoms with Crippen molar-refractivity contribution in [1.82, 2.24) is 15.4 Å². The molecule has 1 fully saturated rings. The van der Waals surface area contributed by atoms with Gasteiger partial charge in [-0.25, -0.2) is 19.8 Å². The maximum atomic E-state index is 12.9. The number of hydrazine groups is 1. The summed E-state index contributed by atoms with van der Waals surface area (Å²) in [5.74, 6) is -0.203. The van der Waals surface area contributed by atoms with Gasteiger partial charge in [0.2, 0.25) is 0 Å². The zero-order valence-electron chi connectivity index (χ0n) is 11.3. The molecule has 5 heteroatoms. The van der Waals surface area contributed by atoms with Gasteiger partial charge in [0.15, 0.2) is 0 Å². The van der Waals surface area contributed by atoms with E-state index in [-0.39, 0.29) is 5.82 Å². The highest BCUT2D eigenvalue weighted by atomic mass is 32.1. The summed E-state index contributed by atoms with van der Waals surface area (Å²) < 4.78 is 12.9. The molecule has 0 spiro atoms. The lowest BCUT2D eigenvalue weighted by Crippen LogP contribution is -2.41. The molecule has 106 valence electrons. The van der Waals surface area contributed by atoms with Crippen LogP contribution in [-0.4, -0.2) is 23.1 Å². The molecule has 3 nitrogen and oxygen atoms in total. The lowest BCUT2D eigenvalue weighted by atomic mass is 10.2. The summed E-state index contributed by atoms with van der Waals surface area (Å²) in [6.07, 6.45) is 5.74. The van der Waals surface area contributed by atoms with Gasteiger partial charge in [-0.2, -0.15) is 0 Å². The Bertz CT molecular complexity index is 547. The lowest BCUT2D eigenvalue weighted by molar-refractivity contribution is 0.151. The molecule has 1 aromatic heterocycles. The Kier molecular flexibility index (Phi) is 4.40. The second-order valence-electron chi connectivity index (χ2n) is 5.01. The van der Waals surface area contributed by atoms with Crippen LogP contribution in [0.15, 0.2) is 30.5 Å². The minimum atomic E-state index is -0.203. The molecule has 1 saturated heterocycles. The number of rotatable bonds is 4. The third-order valence-corrected chi connectivity index (χ3v) is 4.54. The highest BCUT2D eigenvalue weighted by Gasteiger charge is 2.10. The third kappa shape index (κ3) is 3.42. The van der Waals surface area contributed by atoms with E-state index in [0.717, 1.165) is 35.1 Å². The van der Waals surface area contributed by atoms with Crippen molar-refractivity contribution in [3.63, 3.8) is 0 Å². The predicted molar refractivity (Wildman–Crippen MR) is 79.8 cm³/mol. The smallest absolute Gasteiger partial charge is 0.123 e. The normalized spacial score (nSPS) is 16.4. The Balaban J connectivity index is 1.60. The lowest BCUT2D eigenvalue weighted by Gasteiger charge is -2.26. The first kappa shape index (κ1) is 13.7. The molecule has 0 unspecified atom stereocenters. The first-order valence-corrected chi connectivity index (χ1v) is 7.82. The molecule has 1 aliphatic rings. The molecule has 2 aromatic rings. The van der Waals surface area contributed by atoms with Crippen molar-refractivity contribution >= 4 is 11.3 Å². The van der Waals surface area contributed by atoms with Crippen LogP contribution in [0, 0.1) is 5.82 Å². The molecular weight excluding hydrogens is 273 g/mol. The van der Waals surface area contributed by atoms with Crippen LogP contribution >= 0.6 is 11.3 Å². The van der Waals surface area contributed by atoms with E-state index < -0.39 is 0 Å². The zero-order valence-corrected chi connectivity index (χ0v) is 12.1. The van der Waals surface area contributed by atoms with Gasteiger partial charge in [0, 0.05) is 19.3 Å². The van der Waals surface area contributed by atoms with E-state index in [1.54, 1.807) is 23.5 Å². The summed E-state index contributed by atoms with van der Waals surface area (Å²) in [7, 11) is 0. The van der Waals surface area contributed by atoms with Gasteiger partial charge in [-0.3, -0.25) is 0 Å². The molecule has 3 rings (SSSR count). The highest BCUT2D eigenvalue weighted by Crippen LogP contribution is 2.26. The largest absolute Gasteiger partial charge is 0.248 e. The van der Waals surface area contributed by atoms with Gasteiger partial charge in [0.05, 0.1) is 11.4 Å². The number of piperidine rings is 1. The van der Waals surface area contributed by atoms with Gasteiger partial charge in [-0.05, 0) is 30.5 Å². The fraction of sp³-hybridized carbons (Fsp3) is 0.400. The molecule has 0 saturated carbocycles. The molecule has 2 heterocycles. The summed E-state index contributed by atoms with van der Waals surface area (Å²) in [5, 5.41) is 3.34. The predicted octanol–water partition coefficient (Wildman–Crippen LogP) is 3.44. The van der Waals surface area contributed by atoms with Crippen LogP contribution in [0.2, 0.25) is 0 Å². The molecule has 0 aliphatic carbocycles. The van der Waals surface area contributed by atoms with Crippen molar-refractivity contribution in [1.29, 1.82) is 0 Å². The Labute approximate surface area is 122 Å². The average Bonchev–Trinajstić information content (AvgIpc) is 2.96. The summed E-state index contributed by atoms with van der Waals surface area (Å²) in [6.45, 7) is 3.01. The molecule has 0 bridgehead atoms. The number of hydrogen-bond donors (Lipinski definition) is 1. The van der Waals surface area contributed by atoms with Crippen LogP contribution in [-0.2, 0) is 6.54 Å². The van der Waals surface area contributed by atoms with Crippen molar-refractivity contribution < 1.29 is 4.39 Å². The fourth-order valence-corrected chi connectivity index (χ4v) is 3.23. The van der Waals surface area contributed by atoms with Gasteiger partial charge in [0.1, 0.15) is 10.8 Å². The van der Waals surface area contributed by atoms with Crippen LogP contribution in [0.5, 0.6) is 0 Å². The number of nitrogens with zero attached hydrogens (tertiary/aromatic N) is 2. The van der Waals surface area contributed by atoms with Crippen LogP contribution in [0.1, 0.15) is 24.3 Å². The maximum Gasteiger partial charge on any atom is 0.123 e. The van der Waals surface area contributed by atoms with Crippen LogP contribution in [0.25, 0.3) is 10.4 Å². The highest BCUT2D eigenvalue weighted by molar-refractivity contribution is 7.15. The monoisotopic (exact) mass is 291 g/mol. The van der Waals surface area contributed by atoms with Gasteiger partial charge in [-0.1, -0.05) is 18.6 Å². The van der Waals surface area contributed by atoms with Crippen molar-refractivity contribution in [2.75, 3.05) is 13.1 Å². The molecular formula is C15H18FN3S. The second-order valence-corrected chi connectivity index (χ2v) is 6.12. The molecule has 0 amide bonds. The second kappa shape index (κ2) is 6.43. The topological polar surface area (TPSA) is 28.2 Å². The number of hydrogen-bond acceptors (Lipinski definition) is 4. The summed E-state index contributed by atoms with van der Waals surface area (Å²) in [5.41, 5.74) is 4.45. The number of nitrogens with one attached hydrogen (secondary N) is 1. The number of halogens is 1. The van der Waals surface area contributed by atoms with Crippen molar-refractivity contribution in [3.8, 4) is 10.4 Å². The van der Waals surface area contributed by atoms with E-state index in [2.05, 4.69) is 15.4 Å².